The summed E-state index contributed by atoms with van der Waals surface area (Å²) >= 11 is 0. The molecule has 0 spiro atoms. The maximum absolute atomic E-state index is 5.66. The summed E-state index contributed by atoms with van der Waals surface area (Å²) in [4.78, 5) is 9.10. The Kier molecular flexibility index (Phi) is 3.50. The van der Waals surface area contributed by atoms with Gasteiger partial charge in [0.15, 0.2) is 0 Å². The Morgan fingerprint density at radius 2 is 1.76 bits per heavy atom. The first-order chi connectivity index (χ1) is 10.1. The van der Waals surface area contributed by atoms with Gasteiger partial charge in [-0.2, -0.15) is 0 Å². The number of hydrogen-bond donors (Lipinski definition) is 0. The van der Waals surface area contributed by atoms with Crippen molar-refractivity contribution in [3.8, 4) is 11.3 Å². The van der Waals surface area contributed by atoms with E-state index in [-0.39, 0.29) is 5.54 Å². The van der Waals surface area contributed by atoms with Crippen molar-refractivity contribution in [2.75, 3.05) is 6.61 Å². The number of nitrogens with zero attached hydrogens (tertiary/aromatic N) is 2. The lowest BCUT2D eigenvalue weighted by Crippen LogP contribution is -2.17. The molecule has 2 heterocycles. The predicted molar refractivity (Wildman–Crippen MR) is 85.6 cm³/mol. The van der Waals surface area contributed by atoms with E-state index in [1.807, 2.05) is 18.3 Å². The van der Waals surface area contributed by atoms with Crippen LogP contribution in [0.25, 0.3) is 11.3 Å². The van der Waals surface area contributed by atoms with E-state index >= 15 is 0 Å². The Bertz CT molecular complexity index is 655. The minimum absolute atomic E-state index is 0.120. The summed E-state index contributed by atoms with van der Waals surface area (Å²) in [5, 5.41) is 0. The van der Waals surface area contributed by atoms with Crippen molar-refractivity contribution in [3.63, 3.8) is 0 Å². The molecule has 0 unspecified atom stereocenters. The summed E-state index contributed by atoms with van der Waals surface area (Å²) in [7, 11) is 0. The number of hydrogen-bond acceptors (Lipinski definition) is 3. The number of aromatic nitrogens is 1. The summed E-state index contributed by atoms with van der Waals surface area (Å²) < 4.78 is 5.66. The average molecular weight is 280 g/mol. The fourth-order valence-electron chi connectivity index (χ4n) is 2.32. The zero-order valence-corrected chi connectivity index (χ0v) is 12.8. The molecule has 0 N–H and O–H groups in total. The van der Waals surface area contributed by atoms with Crippen molar-refractivity contribution >= 4 is 5.90 Å². The molecule has 3 heteroatoms. The Morgan fingerprint density at radius 3 is 2.29 bits per heavy atom. The van der Waals surface area contributed by atoms with Gasteiger partial charge in [-0.25, -0.2) is 4.99 Å². The van der Waals surface area contributed by atoms with Gasteiger partial charge in [0.25, 0.3) is 0 Å². The average Bonchev–Trinajstić information content (AvgIpc) is 2.88. The Labute approximate surface area is 125 Å². The second-order valence-corrected chi connectivity index (χ2v) is 6.00. The fraction of sp³-hybridized carbons (Fsp3) is 0.333. The number of ether oxygens (including phenoxy) is 1. The van der Waals surface area contributed by atoms with Crippen LogP contribution in [0.5, 0.6) is 0 Å². The Balaban J connectivity index is 1.84. The van der Waals surface area contributed by atoms with Crippen LogP contribution in [0.2, 0.25) is 0 Å². The highest BCUT2D eigenvalue weighted by Crippen LogP contribution is 2.23. The van der Waals surface area contributed by atoms with Crippen LogP contribution in [0.1, 0.15) is 31.9 Å². The fourth-order valence-corrected chi connectivity index (χ4v) is 2.32. The molecule has 21 heavy (non-hydrogen) atoms. The van der Waals surface area contributed by atoms with E-state index in [1.54, 1.807) is 0 Å². The van der Waals surface area contributed by atoms with E-state index in [9.17, 15) is 0 Å². The third-order valence-corrected chi connectivity index (χ3v) is 3.63. The van der Waals surface area contributed by atoms with E-state index in [4.69, 9.17) is 4.74 Å². The Hall–Kier alpha value is -2.16. The van der Waals surface area contributed by atoms with Crippen LogP contribution in [0, 0.1) is 0 Å². The maximum Gasteiger partial charge on any atom is 0.216 e. The van der Waals surface area contributed by atoms with Crippen molar-refractivity contribution in [1.82, 2.24) is 4.98 Å². The summed E-state index contributed by atoms with van der Waals surface area (Å²) in [5.41, 5.74) is 4.26. The van der Waals surface area contributed by atoms with E-state index in [1.165, 1.54) is 5.56 Å². The molecular weight excluding hydrogens is 260 g/mol. The summed E-state index contributed by atoms with van der Waals surface area (Å²) in [6.07, 6.45) is 2.95. The van der Waals surface area contributed by atoms with Gasteiger partial charge in [-0.3, -0.25) is 4.98 Å². The minimum atomic E-state index is -0.120. The highest BCUT2D eigenvalue weighted by Gasteiger charge is 2.26. The van der Waals surface area contributed by atoms with Gasteiger partial charge < -0.3 is 4.74 Å². The molecule has 0 atom stereocenters. The van der Waals surface area contributed by atoms with Gasteiger partial charge in [0.1, 0.15) is 6.61 Å². The molecule has 1 aromatic heterocycles. The smallest absolute Gasteiger partial charge is 0.216 e. The SMILES string of the molecule is CCc1ccc(-c2ccc(C3=NC(C)(C)CO3)cc2)nc1. The second kappa shape index (κ2) is 5.32. The van der Waals surface area contributed by atoms with Crippen LogP contribution < -0.4 is 0 Å². The number of benzene rings is 1. The molecule has 2 aromatic rings. The molecule has 1 aliphatic heterocycles. The molecule has 0 saturated carbocycles. The third kappa shape index (κ3) is 2.97. The number of aryl methyl sites for hydroxylation is 1. The molecule has 0 amide bonds. The summed E-state index contributed by atoms with van der Waals surface area (Å²) in [5.74, 6) is 0.737. The molecule has 108 valence electrons. The van der Waals surface area contributed by atoms with Crippen LogP contribution in [0.3, 0.4) is 0 Å². The summed E-state index contributed by atoms with van der Waals surface area (Å²) in [6, 6.07) is 12.4. The van der Waals surface area contributed by atoms with Crippen LogP contribution in [-0.4, -0.2) is 23.0 Å². The number of aliphatic imine (C=N–C) groups is 1. The molecule has 0 fully saturated rings. The molecular formula is C18H20N2O. The maximum atomic E-state index is 5.66. The molecule has 1 aromatic carbocycles. The molecule has 1 aliphatic rings. The highest BCUT2D eigenvalue weighted by molar-refractivity contribution is 5.95. The highest BCUT2D eigenvalue weighted by atomic mass is 16.5. The van der Waals surface area contributed by atoms with Crippen LogP contribution in [-0.2, 0) is 11.2 Å². The summed E-state index contributed by atoms with van der Waals surface area (Å²) in [6.45, 7) is 6.93. The first-order valence-electron chi connectivity index (χ1n) is 7.36. The zero-order chi connectivity index (χ0) is 14.9. The van der Waals surface area contributed by atoms with Crippen LogP contribution in [0.4, 0.5) is 0 Å². The van der Waals surface area contributed by atoms with Crippen molar-refractivity contribution in [2.45, 2.75) is 32.7 Å². The van der Waals surface area contributed by atoms with Crippen molar-refractivity contribution in [1.29, 1.82) is 0 Å². The van der Waals surface area contributed by atoms with E-state index in [0.29, 0.717) is 6.61 Å². The van der Waals surface area contributed by atoms with Crippen molar-refractivity contribution in [2.24, 2.45) is 4.99 Å². The molecule has 0 saturated heterocycles. The molecule has 0 aliphatic carbocycles. The zero-order valence-electron chi connectivity index (χ0n) is 12.8. The molecule has 0 bridgehead atoms. The topological polar surface area (TPSA) is 34.5 Å². The van der Waals surface area contributed by atoms with Crippen molar-refractivity contribution < 1.29 is 4.74 Å². The lowest BCUT2D eigenvalue weighted by molar-refractivity contribution is 0.279. The molecule has 0 radical (unpaired) electrons. The molecule has 3 nitrogen and oxygen atoms in total. The third-order valence-electron chi connectivity index (χ3n) is 3.63. The number of pyridine rings is 1. The minimum Gasteiger partial charge on any atom is -0.475 e. The second-order valence-electron chi connectivity index (χ2n) is 6.00. The normalized spacial score (nSPS) is 16.4. The lowest BCUT2D eigenvalue weighted by atomic mass is 10.1. The monoisotopic (exact) mass is 280 g/mol. The van der Waals surface area contributed by atoms with E-state index in [0.717, 1.165) is 29.1 Å². The van der Waals surface area contributed by atoms with Crippen LogP contribution in [0.15, 0.2) is 47.6 Å². The molecule has 3 rings (SSSR count). The number of rotatable bonds is 3. The Morgan fingerprint density at radius 1 is 1.05 bits per heavy atom. The van der Waals surface area contributed by atoms with Crippen molar-refractivity contribution in [3.05, 3.63) is 53.7 Å². The van der Waals surface area contributed by atoms with E-state index < -0.39 is 0 Å². The van der Waals surface area contributed by atoms with Gasteiger partial charge in [0.2, 0.25) is 5.90 Å². The van der Waals surface area contributed by atoms with Gasteiger partial charge in [0.05, 0.1) is 11.2 Å². The quantitative estimate of drug-likeness (QED) is 0.855. The lowest BCUT2D eigenvalue weighted by Gasteiger charge is -2.07. The van der Waals surface area contributed by atoms with E-state index in [2.05, 4.69) is 55.0 Å². The predicted octanol–water partition coefficient (Wildman–Crippen LogP) is 3.87. The standard InChI is InChI=1S/C18H20N2O/c1-4-13-5-10-16(19-11-13)14-6-8-15(9-7-14)17-20-18(2,3)12-21-17/h5-11H,4,12H2,1-3H3. The van der Waals surface area contributed by atoms with Gasteiger partial charge in [-0.15, -0.1) is 0 Å². The largest absolute Gasteiger partial charge is 0.475 e. The van der Waals surface area contributed by atoms with Crippen LogP contribution >= 0.6 is 0 Å². The van der Waals surface area contributed by atoms with Gasteiger partial charge in [0, 0.05) is 17.3 Å². The first-order valence-corrected chi connectivity index (χ1v) is 7.36. The van der Waals surface area contributed by atoms with Gasteiger partial charge >= 0.3 is 0 Å². The first kappa shape index (κ1) is 13.8. The van der Waals surface area contributed by atoms with Gasteiger partial charge in [-0.05, 0) is 44.0 Å². The van der Waals surface area contributed by atoms with Gasteiger partial charge in [-0.1, -0.05) is 25.1 Å².